The second-order valence-electron chi connectivity index (χ2n) is 6.59. The first kappa shape index (κ1) is 20.0. The van der Waals surface area contributed by atoms with E-state index >= 15 is 0 Å². The normalized spacial score (nSPS) is 18.9. The molecule has 0 unspecified atom stereocenters. The van der Waals surface area contributed by atoms with Gasteiger partial charge in [0.2, 0.25) is 15.9 Å². The molecule has 2 aliphatic heterocycles. The molecule has 0 spiro atoms. The van der Waals surface area contributed by atoms with Crippen LogP contribution in [-0.4, -0.2) is 80.4 Å². The number of benzene rings is 1. The van der Waals surface area contributed by atoms with Gasteiger partial charge < -0.3 is 15.1 Å². The van der Waals surface area contributed by atoms with Gasteiger partial charge in [-0.05, 0) is 30.6 Å². The molecule has 2 N–H and O–H groups in total. The minimum absolute atomic E-state index is 0.00313. The molecule has 2 saturated heterocycles. The molecule has 2 aliphatic rings. The molecule has 0 aromatic heterocycles. The number of likely N-dealkylation sites (tertiary alicyclic amines) is 1. The lowest BCUT2D eigenvalue weighted by Crippen LogP contribution is -2.64. The molecular formula is C17H24N4O4S2. The smallest absolute Gasteiger partial charge is 0.317 e. The van der Waals surface area contributed by atoms with Crippen molar-refractivity contribution in [2.45, 2.75) is 23.4 Å². The summed E-state index contributed by atoms with van der Waals surface area (Å²) < 4.78 is 27.8. The van der Waals surface area contributed by atoms with Gasteiger partial charge >= 0.3 is 6.03 Å². The van der Waals surface area contributed by atoms with E-state index < -0.39 is 16.1 Å². The minimum atomic E-state index is -3.77. The van der Waals surface area contributed by atoms with Crippen LogP contribution >= 0.6 is 11.8 Å². The van der Waals surface area contributed by atoms with Crippen molar-refractivity contribution in [1.29, 1.82) is 0 Å². The molecule has 0 radical (unpaired) electrons. The number of urea groups is 1. The second-order valence-corrected chi connectivity index (χ2v) is 9.29. The lowest BCUT2D eigenvalue weighted by atomic mass is 10.1. The van der Waals surface area contributed by atoms with Crippen molar-refractivity contribution in [2.24, 2.45) is 0 Å². The predicted octanol–water partition coefficient (Wildman–Crippen LogP) is 0.323. The van der Waals surface area contributed by atoms with Crippen LogP contribution in [0.4, 0.5) is 4.79 Å². The Balaban J connectivity index is 1.64. The zero-order valence-corrected chi connectivity index (χ0v) is 16.8. The Labute approximate surface area is 163 Å². The molecule has 1 aromatic carbocycles. The van der Waals surface area contributed by atoms with E-state index in [9.17, 15) is 18.0 Å². The van der Waals surface area contributed by atoms with Crippen molar-refractivity contribution < 1.29 is 18.0 Å². The molecule has 10 heteroatoms. The van der Waals surface area contributed by atoms with Crippen LogP contribution in [0.2, 0.25) is 0 Å². The average Bonchev–Trinajstić information content (AvgIpc) is 3.03. The van der Waals surface area contributed by atoms with Crippen LogP contribution in [-0.2, 0) is 14.8 Å². The van der Waals surface area contributed by atoms with Gasteiger partial charge in [0, 0.05) is 26.2 Å². The van der Waals surface area contributed by atoms with E-state index in [2.05, 4.69) is 10.0 Å². The summed E-state index contributed by atoms with van der Waals surface area (Å²) in [6.07, 6.45) is 2.33. The number of amides is 3. The van der Waals surface area contributed by atoms with E-state index in [-0.39, 0.29) is 22.9 Å². The standard InChI is InChI=1S/C17H24N4O4S2/c1-26-10-7-15(19-27(24,25)14-5-3-2-4-6-14)16(22)20-11-13(12-20)21-9-8-18-17(21)23/h2-6,13,15,19H,7-12H2,1H3,(H,18,23)/t15-/m0/s1. The van der Waals surface area contributed by atoms with Crippen molar-refractivity contribution in [3.8, 4) is 0 Å². The number of nitrogens with one attached hydrogen (secondary N) is 2. The Bertz CT molecular complexity index is 781. The number of sulfonamides is 1. The lowest BCUT2D eigenvalue weighted by Gasteiger charge is -2.44. The maximum Gasteiger partial charge on any atom is 0.317 e. The van der Waals surface area contributed by atoms with Gasteiger partial charge in [-0.25, -0.2) is 13.2 Å². The Morgan fingerprint density at radius 1 is 1.33 bits per heavy atom. The molecule has 2 fully saturated rings. The quantitative estimate of drug-likeness (QED) is 0.641. The summed E-state index contributed by atoms with van der Waals surface area (Å²) in [7, 11) is -3.77. The Hall–Kier alpha value is -1.78. The van der Waals surface area contributed by atoms with E-state index in [1.165, 1.54) is 12.1 Å². The van der Waals surface area contributed by atoms with Crippen LogP contribution in [0.1, 0.15) is 6.42 Å². The highest BCUT2D eigenvalue weighted by atomic mass is 32.2. The summed E-state index contributed by atoms with van der Waals surface area (Å²) in [6.45, 7) is 2.14. The van der Waals surface area contributed by atoms with Gasteiger partial charge in [-0.2, -0.15) is 16.5 Å². The molecule has 0 aliphatic carbocycles. The maximum absolute atomic E-state index is 12.9. The van der Waals surface area contributed by atoms with Gasteiger partial charge in [0.1, 0.15) is 6.04 Å². The number of rotatable bonds is 8. The lowest BCUT2D eigenvalue weighted by molar-refractivity contribution is -0.139. The summed E-state index contributed by atoms with van der Waals surface area (Å²) in [4.78, 5) is 28.1. The average molecular weight is 413 g/mol. The first-order chi connectivity index (χ1) is 12.9. The molecule has 8 nitrogen and oxygen atoms in total. The van der Waals surface area contributed by atoms with Gasteiger partial charge in [-0.15, -0.1) is 0 Å². The van der Waals surface area contributed by atoms with Crippen LogP contribution in [0.25, 0.3) is 0 Å². The number of nitrogens with zero attached hydrogens (tertiary/aromatic N) is 2. The number of carbonyl (C=O) groups is 2. The Kier molecular flexibility index (Phi) is 6.28. The molecule has 0 bridgehead atoms. The molecule has 2 heterocycles. The summed E-state index contributed by atoms with van der Waals surface area (Å²) >= 11 is 1.56. The fourth-order valence-corrected chi connectivity index (χ4v) is 4.93. The van der Waals surface area contributed by atoms with Crippen LogP contribution in [0, 0.1) is 0 Å². The minimum Gasteiger partial charge on any atom is -0.337 e. The summed E-state index contributed by atoms with van der Waals surface area (Å²) in [5.41, 5.74) is 0. The van der Waals surface area contributed by atoms with Crippen LogP contribution in [0.15, 0.2) is 35.2 Å². The highest BCUT2D eigenvalue weighted by Gasteiger charge is 2.41. The Morgan fingerprint density at radius 2 is 2.04 bits per heavy atom. The van der Waals surface area contributed by atoms with E-state index in [0.717, 1.165) is 0 Å². The Morgan fingerprint density at radius 3 is 2.63 bits per heavy atom. The van der Waals surface area contributed by atoms with Crippen LogP contribution in [0.5, 0.6) is 0 Å². The van der Waals surface area contributed by atoms with E-state index in [1.807, 2.05) is 6.26 Å². The van der Waals surface area contributed by atoms with Gasteiger partial charge in [-0.1, -0.05) is 18.2 Å². The third-order valence-electron chi connectivity index (χ3n) is 4.76. The summed E-state index contributed by atoms with van der Waals surface area (Å²) in [6, 6.07) is 7.14. The molecule has 1 atom stereocenters. The molecule has 3 amide bonds. The fourth-order valence-electron chi connectivity index (χ4n) is 3.21. The van der Waals surface area contributed by atoms with Crippen molar-refractivity contribution in [3.63, 3.8) is 0 Å². The van der Waals surface area contributed by atoms with E-state index in [1.54, 1.807) is 39.8 Å². The van der Waals surface area contributed by atoms with Crippen molar-refractivity contribution >= 4 is 33.7 Å². The number of carbonyl (C=O) groups excluding carboxylic acids is 2. The molecule has 148 valence electrons. The third kappa shape index (κ3) is 4.56. The number of thioether (sulfide) groups is 1. The number of hydrogen-bond acceptors (Lipinski definition) is 5. The monoisotopic (exact) mass is 412 g/mol. The van der Waals surface area contributed by atoms with Crippen LogP contribution < -0.4 is 10.0 Å². The van der Waals surface area contributed by atoms with E-state index in [4.69, 9.17) is 0 Å². The van der Waals surface area contributed by atoms with E-state index in [0.29, 0.717) is 38.4 Å². The largest absolute Gasteiger partial charge is 0.337 e. The van der Waals surface area contributed by atoms with Crippen molar-refractivity contribution in [1.82, 2.24) is 19.8 Å². The van der Waals surface area contributed by atoms with Gasteiger partial charge in [0.25, 0.3) is 0 Å². The molecule has 0 saturated carbocycles. The first-order valence-corrected chi connectivity index (χ1v) is 11.7. The fraction of sp³-hybridized carbons (Fsp3) is 0.529. The molecular weight excluding hydrogens is 388 g/mol. The maximum atomic E-state index is 12.9. The zero-order valence-electron chi connectivity index (χ0n) is 15.1. The van der Waals surface area contributed by atoms with Gasteiger partial charge in [0.05, 0.1) is 10.9 Å². The predicted molar refractivity (Wildman–Crippen MR) is 104 cm³/mol. The van der Waals surface area contributed by atoms with Gasteiger partial charge in [-0.3, -0.25) is 4.79 Å². The molecule has 1 aromatic rings. The zero-order chi connectivity index (χ0) is 19.4. The highest BCUT2D eigenvalue weighted by Crippen LogP contribution is 2.20. The summed E-state index contributed by atoms with van der Waals surface area (Å²) in [5, 5.41) is 2.75. The third-order valence-corrected chi connectivity index (χ3v) is 6.90. The molecule has 27 heavy (non-hydrogen) atoms. The number of hydrogen-bond donors (Lipinski definition) is 2. The second kappa shape index (κ2) is 8.49. The summed E-state index contributed by atoms with van der Waals surface area (Å²) in [5.74, 6) is 0.430. The van der Waals surface area contributed by atoms with Crippen LogP contribution in [0.3, 0.4) is 0 Å². The first-order valence-electron chi connectivity index (χ1n) is 8.82. The van der Waals surface area contributed by atoms with Crippen molar-refractivity contribution in [3.05, 3.63) is 30.3 Å². The SMILES string of the molecule is CSCC[C@H](NS(=O)(=O)c1ccccc1)C(=O)N1CC(N2CCNC2=O)C1. The van der Waals surface area contributed by atoms with Gasteiger partial charge in [0.15, 0.2) is 0 Å². The molecule has 3 rings (SSSR count). The topological polar surface area (TPSA) is 98.8 Å². The highest BCUT2D eigenvalue weighted by molar-refractivity contribution is 7.98. The van der Waals surface area contributed by atoms with Crippen molar-refractivity contribution in [2.75, 3.05) is 38.2 Å².